The molecule has 0 spiro atoms. The van der Waals surface area contributed by atoms with Crippen LogP contribution < -0.4 is 4.90 Å². The normalized spacial score (nSPS) is 16.2. The summed E-state index contributed by atoms with van der Waals surface area (Å²) in [6.45, 7) is 2.33. The average Bonchev–Trinajstić information content (AvgIpc) is 2.42. The molecule has 14 heavy (non-hydrogen) atoms. The lowest BCUT2D eigenvalue weighted by molar-refractivity contribution is 0.729. The number of para-hydroxylation sites is 1. The second-order valence-electron chi connectivity index (χ2n) is 3.76. The molecule has 0 amide bonds. The van der Waals surface area contributed by atoms with Gasteiger partial charge < -0.3 is 4.90 Å². The standard InChI is InChI=1S/C12H16BrN/c13-8-10-14-9-4-3-6-11-5-1-2-7-12(11)14/h1-2,5,7H,3-4,6,8-10H2. The van der Waals surface area contributed by atoms with Crippen LogP contribution in [0.3, 0.4) is 0 Å². The highest BCUT2D eigenvalue weighted by Gasteiger charge is 2.13. The fourth-order valence-electron chi connectivity index (χ4n) is 2.10. The van der Waals surface area contributed by atoms with Crippen LogP contribution in [0.1, 0.15) is 18.4 Å². The third kappa shape index (κ3) is 2.11. The zero-order chi connectivity index (χ0) is 9.80. The molecule has 2 heteroatoms. The van der Waals surface area contributed by atoms with Gasteiger partial charge in [-0.25, -0.2) is 0 Å². The zero-order valence-electron chi connectivity index (χ0n) is 8.38. The number of rotatable bonds is 2. The highest BCUT2D eigenvalue weighted by molar-refractivity contribution is 9.09. The fourth-order valence-corrected chi connectivity index (χ4v) is 2.53. The van der Waals surface area contributed by atoms with Crippen LogP contribution in [-0.4, -0.2) is 18.4 Å². The molecule has 0 atom stereocenters. The van der Waals surface area contributed by atoms with E-state index in [1.54, 1.807) is 0 Å². The topological polar surface area (TPSA) is 3.24 Å². The van der Waals surface area contributed by atoms with E-state index in [4.69, 9.17) is 0 Å². The quantitative estimate of drug-likeness (QED) is 0.732. The van der Waals surface area contributed by atoms with Crippen molar-refractivity contribution in [1.29, 1.82) is 0 Å². The number of aryl methyl sites for hydroxylation is 1. The predicted molar refractivity (Wildman–Crippen MR) is 65.4 cm³/mol. The van der Waals surface area contributed by atoms with E-state index in [9.17, 15) is 0 Å². The van der Waals surface area contributed by atoms with E-state index in [1.807, 2.05) is 0 Å². The summed E-state index contributed by atoms with van der Waals surface area (Å²) in [5.41, 5.74) is 2.97. The molecular weight excluding hydrogens is 238 g/mol. The van der Waals surface area contributed by atoms with Gasteiger partial charge in [-0.2, -0.15) is 0 Å². The first-order valence-corrected chi connectivity index (χ1v) is 6.43. The first-order valence-electron chi connectivity index (χ1n) is 5.30. The molecule has 0 saturated carbocycles. The van der Waals surface area contributed by atoms with E-state index in [2.05, 4.69) is 45.1 Å². The Balaban J connectivity index is 2.27. The van der Waals surface area contributed by atoms with Gasteiger partial charge in [-0.3, -0.25) is 0 Å². The maximum absolute atomic E-state index is 3.52. The van der Waals surface area contributed by atoms with Crippen molar-refractivity contribution >= 4 is 21.6 Å². The summed E-state index contributed by atoms with van der Waals surface area (Å²) in [6, 6.07) is 8.81. The predicted octanol–water partition coefficient (Wildman–Crippen LogP) is 3.22. The van der Waals surface area contributed by atoms with Crippen LogP contribution in [0.5, 0.6) is 0 Å². The van der Waals surface area contributed by atoms with Gasteiger partial charge in [0.05, 0.1) is 0 Å². The minimum atomic E-state index is 1.06. The van der Waals surface area contributed by atoms with Gasteiger partial charge in [0.15, 0.2) is 0 Å². The number of benzene rings is 1. The Bertz CT molecular complexity index is 298. The lowest BCUT2D eigenvalue weighted by atomic mass is 10.1. The van der Waals surface area contributed by atoms with Gasteiger partial charge in [-0.05, 0) is 30.9 Å². The molecule has 2 rings (SSSR count). The lowest BCUT2D eigenvalue weighted by Crippen LogP contribution is -2.26. The molecule has 76 valence electrons. The Kier molecular flexibility index (Phi) is 3.46. The molecule has 0 bridgehead atoms. The minimum absolute atomic E-state index is 1.06. The van der Waals surface area contributed by atoms with Crippen LogP contribution in [0, 0.1) is 0 Å². The Labute approximate surface area is 94.2 Å². The molecule has 0 saturated heterocycles. The summed E-state index contributed by atoms with van der Waals surface area (Å²) < 4.78 is 0. The highest BCUT2D eigenvalue weighted by Crippen LogP contribution is 2.25. The van der Waals surface area contributed by atoms with E-state index in [-0.39, 0.29) is 0 Å². The summed E-state index contributed by atoms with van der Waals surface area (Å²) >= 11 is 3.52. The number of halogens is 1. The van der Waals surface area contributed by atoms with Crippen molar-refractivity contribution in [2.24, 2.45) is 0 Å². The molecule has 0 unspecified atom stereocenters. The summed E-state index contributed by atoms with van der Waals surface area (Å²) in [4.78, 5) is 2.50. The Morgan fingerprint density at radius 1 is 1.21 bits per heavy atom. The van der Waals surface area contributed by atoms with Gasteiger partial charge in [-0.1, -0.05) is 34.1 Å². The smallest absolute Gasteiger partial charge is 0.0399 e. The number of anilines is 1. The van der Waals surface area contributed by atoms with Crippen LogP contribution in [0.15, 0.2) is 24.3 Å². The lowest BCUT2D eigenvalue weighted by Gasteiger charge is -2.23. The number of hydrogen-bond acceptors (Lipinski definition) is 1. The van der Waals surface area contributed by atoms with Crippen LogP contribution in [-0.2, 0) is 6.42 Å². The first kappa shape index (κ1) is 10.0. The maximum Gasteiger partial charge on any atom is 0.0399 e. The molecular formula is C12H16BrN. The van der Waals surface area contributed by atoms with Gasteiger partial charge in [0.2, 0.25) is 0 Å². The SMILES string of the molecule is BrCCN1CCCCc2ccccc21. The maximum atomic E-state index is 3.52. The molecule has 1 aliphatic heterocycles. The summed E-state index contributed by atoms with van der Waals surface area (Å²) in [5.74, 6) is 0. The molecule has 1 aliphatic rings. The van der Waals surface area contributed by atoms with E-state index in [0.29, 0.717) is 0 Å². The third-order valence-electron chi connectivity index (χ3n) is 2.81. The van der Waals surface area contributed by atoms with Crippen molar-refractivity contribution in [2.75, 3.05) is 23.3 Å². The molecule has 0 aliphatic carbocycles. The largest absolute Gasteiger partial charge is 0.370 e. The van der Waals surface area contributed by atoms with E-state index in [0.717, 1.165) is 11.9 Å². The van der Waals surface area contributed by atoms with Crippen molar-refractivity contribution in [2.45, 2.75) is 19.3 Å². The fraction of sp³-hybridized carbons (Fsp3) is 0.500. The van der Waals surface area contributed by atoms with Crippen LogP contribution in [0.25, 0.3) is 0 Å². The number of hydrogen-bond donors (Lipinski definition) is 0. The van der Waals surface area contributed by atoms with Crippen LogP contribution in [0.4, 0.5) is 5.69 Å². The van der Waals surface area contributed by atoms with Crippen LogP contribution in [0.2, 0.25) is 0 Å². The van der Waals surface area contributed by atoms with E-state index < -0.39 is 0 Å². The van der Waals surface area contributed by atoms with Crippen molar-refractivity contribution < 1.29 is 0 Å². The third-order valence-corrected chi connectivity index (χ3v) is 3.17. The van der Waals surface area contributed by atoms with Gasteiger partial charge in [0.1, 0.15) is 0 Å². The Hall–Kier alpha value is -0.500. The number of fused-ring (bicyclic) bond motifs is 1. The molecule has 1 nitrogen and oxygen atoms in total. The van der Waals surface area contributed by atoms with Crippen molar-refractivity contribution in [3.63, 3.8) is 0 Å². The van der Waals surface area contributed by atoms with Gasteiger partial charge >= 0.3 is 0 Å². The molecule has 0 radical (unpaired) electrons. The highest BCUT2D eigenvalue weighted by atomic mass is 79.9. The van der Waals surface area contributed by atoms with Gasteiger partial charge in [-0.15, -0.1) is 0 Å². The molecule has 1 aromatic rings. The molecule has 1 heterocycles. The zero-order valence-corrected chi connectivity index (χ0v) is 9.96. The Morgan fingerprint density at radius 3 is 2.93 bits per heavy atom. The average molecular weight is 254 g/mol. The summed E-state index contributed by atoms with van der Waals surface area (Å²) in [7, 11) is 0. The number of nitrogens with zero attached hydrogens (tertiary/aromatic N) is 1. The van der Waals surface area contributed by atoms with Crippen molar-refractivity contribution in [1.82, 2.24) is 0 Å². The van der Waals surface area contributed by atoms with E-state index >= 15 is 0 Å². The molecule has 0 N–H and O–H groups in total. The van der Waals surface area contributed by atoms with Crippen LogP contribution >= 0.6 is 15.9 Å². The number of alkyl halides is 1. The van der Waals surface area contributed by atoms with Crippen molar-refractivity contribution in [3.8, 4) is 0 Å². The Morgan fingerprint density at radius 2 is 2.07 bits per heavy atom. The monoisotopic (exact) mass is 253 g/mol. The van der Waals surface area contributed by atoms with Gasteiger partial charge in [0, 0.05) is 24.1 Å². The molecule has 0 aromatic heterocycles. The second-order valence-corrected chi connectivity index (χ2v) is 4.55. The molecule has 1 aromatic carbocycles. The second kappa shape index (κ2) is 4.83. The summed E-state index contributed by atoms with van der Waals surface area (Å²) in [6.07, 6.45) is 3.90. The minimum Gasteiger partial charge on any atom is -0.370 e. The first-order chi connectivity index (χ1) is 6.92. The van der Waals surface area contributed by atoms with Crippen molar-refractivity contribution in [3.05, 3.63) is 29.8 Å². The summed E-state index contributed by atoms with van der Waals surface area (Å²) in [5, 5.41) is 1.06. The van der Waals surface area contributed by atoms with Gasteiger partial charge in [0.25, 0.3) is 0 Å². The van der Waals surface area contributed by atoms with E-state index in [1.165, 1.54) is 37.1 Å². The molecule has 0 fully saturated rings.